The third-order valence-corrected chi connectivity index (χ3v) is 4.27. The van der Waals surface area contributed by atoms with Gasteiger partial charge in [0.1, 0.15) is 5.75 Å². The first-order valence-electron chi connectivity index (χ1n) is 8.68. The Bertz CT molecular complexity index is 1030. The first kappa shape index (κ1) is 20.1. The molecule has 0 unspecified atom stereocenters. The smallest absolute Gasteiger partial charge is 0.291 e. The number of carbonyl (C=O) groups excluding carboxylic acids is 2. The van der Waals surface area contributed by atoms with E-state index in [1.807, 2.05) is 13.0 Å². The predicted octanol–water partition coefficient (Wildman–Crippen LogP) is 3.98. The van der Waals surface area contributed by atoms with Crippen LogP contribution in [0.3, 0.4) is 0 Å². The third-order valence-electron chi connectivity index (χ3n) is 4.07. The Balaban J connectivity index is 1.64. The second-order valence-electron chi connectivity index (χ2n) is 6.10. The molecule has 0 radical (unpaired) electrons. The molecule has 0 aliphatic heterocycles. The molecule has 148 valence electrons. The van der Waals surface area contributed by atoms with E-state index in [9.17, 15) is 9.59 Å². The minimum Gasteiger partial charge on any atom is -0.497 e. The zero-order valence-corrected chi connectivity index (χ0v) is 16.6. The Kier molecular flexibility index (Phi) is 6.25. The van der Waals surface area contributed by atoms with Crippen molar-refractivity contribution in [3.05, 3.63) is 77.7 Å². The molecular weight excluding hydrogens is 390 g/mol. The Labute approximate surface area is 173 Å². The lowest BCUT2D eigenvalue weighted by atomic mass is 10.1. The van der Waals surface area contributed by atoms with Crippen molar-refractivity contribution in [2.45, 2.75) is 6.92 Å². The van der Waals surface area contributed by atoms with Gasteiger partial charge in [0.15, 0.2) is 10.9 Å². The standard InChI is InChI=1S/C21H19N3O4S/c1-13-5-8-15(22-20(26)18-4-3-11-28-18)12-17(13)23-21(29)24-19(25)14-6-9-16(27-2)10-7-14/h3-12H,1-2H3,(H,22,26)(H2,23,24,25,29). The number of thiocarbonyl (C=S) groups is 1. The number of hydrogen-bond donors (Lipinski definition) is 3. The number of aryl methyl sites for hydroxylation is 1. The van der Waals surface area contributed by atoms with E-state index in [2.05, 4.69) is 16.0 Å². The number of carbonyl (C=O) groups is 2. The molecule has 0 aliphatic carbocycles. The van der Waals surface area contributed by atoms with Gasteiger partial charge in [0.25, 0.3) is 11.8 Å². The summed E-state index contributed by atoms with van der Waals surface area (Å²) < 4.78 is 10.2. The highest BCUT2D eigenvalue weighted by Gasteiger charge is 2.12. The van der Waals surface area contributed by atoms with Gasteiger partial charge in [-0.15, -0.1) is 0 Å². The van der Waals surface area contributed by atoms with Crippen LogP contribution in [0.2, 0.25) is 0 Å². The summed E-state index contributed by atoms with van der Waals surface area (Å²) in [6, 6.07) is 15.2. The van der Waals surface area contributed by atoms with Crippen LogP contribution in [-0.4, -0.2) is 24.0 Å². The second-order valence-corrected chi connectivity index (χ2v) is 6.51. The Morgan fingerprint density at radius 2 is 1.76 bits per heavy atom. The molecule has 8 heteroatoms. The number of methoxy groups -OCH3 is 1. The topological polar surface area (TPSA) is 92.6 Å². The summed E-state index contributed by atoms with van der Waals surface area (Å²) in [6.07, 6.45) is 1.43. The molecular formula is C21H19N3O4S. The average Bonchev–Trinajstić information content (AvgIpc) is 3.25. The molecule has 3 aromatic rings. The van der Waals surface area contributed by atoms with Crippen molar-refractivity contribution in [1.82, 2.24) is 5.32 Å². The summed E-state index contributed by atoms with van der Waals surface area (Å²) in [5.41, 5.74) is 2.55. The van der Waals surface area contributed by atoms with E-state index in [4.69, 9.17) is 21.4 Å². The van der Waals surface area contributed by atoms with Gasteiger partial charge < -0.3 is 19.8 Å². The van der Waals surface area contributed by atoms with Crippen molar-refractivity contribution < 1.29 is 18.7 Å². The van der Waals surface area contributed by atoms with E-state index >= 15 is 0 Å². The molecule has 29 heavy (non-hydrogen) atoms. The number of anilines is 2. The molecule has 0 fully saturated rings. The van der Waals surface area contributed by atoms with Gasteiger partial charge in [-0.25, -0.2) is 0 Å². The minimum absolute atomic E-state index is 0.142. The molecule has 3 rings (SSSR count). The maximum Gasteiger partial charge on any atom is 0.291 e. The summed E-state index contributed by atoms with van der Waals surface area (Å²) in [5, 5.41) is 8.50. The zero-order valence-electron chi connectivity index (χ0n) is 15.8. The highest BCUT2D eigenvalue weighted by atomic mass is 32.1. The van der Waals surface area contributed by atoms with Gasteiger partial charge in [0.05, 0.1) is 13.4 Å². The number of amides is 2. The molecule has 0 bridgehead atoms. The predicted molar refractivity (Wildman–Crippen MR) is 115 cm³/mol. The van der Waals surface area contributed by atoms with Crippen LogP contribution in [0.4, 0.5) is 11.4 Å². The number of hydrogen-bond acceptors (Lipinski definition) is 5. The first-order chi connectivity index (χ1) is 14.0. The molecule has 0 saturated carbocycles. The van der Waals surface area contributed by atoms with Crippen LogP contribution in [0, 0.1) is 6.92 Å². The van der Waals surface area contributed by atoms with Crippen molar-refractivity contribution in [2.24, 2.45) is 0 Å². The largest absolute Gasteiger partial charge is 0.497 e. The normalized spacial score (nSPS) is 10.1. The highest BCUT2D eigenvalue weighted by molar-refractivity contribution is 7.80. The lowest BCUT2D eigenvalue weighted by Crippen LogP contribution is -2.34. The Morgan fingerprint density at radius 3 is 2.41 bits per heavy atom. The van der Waals surface area contributed by atoms with Crippen LogP contribution >= 0.6 is 12.2 Å². The van der Waals surface area contributed by atoms with E-state index < -0.39 is 0 Å². The molecule has 0 spiro atoms. The van der Waals surface area contributed by atoms with E-state index in [0.29, 0.717) is 22.7 Å². The second kappa shape index (κ2) is 9.03. The molecule has 0 saturated heterocycles. The molecule has 0 aliphatic rings. The maximum atomic E-state index is 12.3. The monoisotopic (exact) mass is 409 g/mol. The first-order valence-corrected chi connectivity index (χ1v) is 9.09. The van der Waals surface area contributed by atoms with Gasteiger partial charge in [-0.3, -0.25) is 14.9 Å². The van der Waals surface area contributed by atoms with Crippen molar-refractivity contribution in [1.29, 1.82) is 0 Å². The number of ether oxygens (including phenoxy) is 1. The molecule has 0 atom stereocenters. The summed E-state index contributed by atoms with van der Waals surface area (Å²) in [4.78, 5) is 24.5. The van der Waals surface area contributed by atoms with Gasteiger partial charge in [0.2, 0.25) is 0 Å². The van der Waals surface area contributed by atoms with Crippen LogP contribution in [0.5, 0.6) is 5.75 Å². The maximum absolute atomic E-state index is 12.3. The van der Waals surface area contributed by atoms with E-state index in [1.165, 1.54) is 6.26 Å². The molecule has 3 N–H and O–H groups in total. The number of benzene rings is 2. The third kappa shape index (κ3) is 5.20. The molecule has 1 heterocycles. The quantitative estimate of drug-likeness (QED) is 0.552. The highest BCUT2D eigenvalue weighted by Crippen LogP contribution is 2.21. The molecule has 7 nitrogen and oxygen atoms in total. The van der Waals surface area contributed by atoms with Crippen LogP contribution in [-0.2, 0) is 0 Å². The van der Waals surface area contributed by atoms with Gasteiger partial charge in [-0.2, -0.15) is 0 Å². The van der Waals surface area contributed by atoms with Gasteiger partial charge in [-0.1, -0.05) is 6.07 Å². The lowest BCUT2D eigenvalue weighted by molar-refractivity contribution is 0.0975. The number of rotatable bonds is 5. The number of furan rings is 1. The summed E-state index contributed by atoms with van der Waals surface area (Å²) in [7, 11) is 1.56. The SMILES string of the molecule is COc1ccc(C(=O)NC(=S)Nc2cc(NC(=O)c3ccco3)ccc2C)cc1. The summed E-state index contributed by atoms with van der Waals surface area (Å²) >= 11 is 5.25. The average molecular weight is 409 g/mol. The Hall–Kier alpha value is -3.65. The summed E-state index contributed by atoms with van der Waals surface area (Å²) in [6.45, 7) is 1.88. The van der Waals surface area contributed by atoms with Crippen LogP contribution in [0.25, 0.3) is 0 Å². The van der Waals surface area contributed by atoms with Crippen LogP contribution in [0.15, 0.2) is 65.3 Å². The number of nitrogens with one attached hydrogen (secondary N) is 3. The van der Waals surface area contributed by atoms with Gasteiger partial charge in [-0.05, 0) is 73.2 Å². The van der Waals surface area contributed by atoms with E-state index in [1.54, 1.807) is 55.6 Å². The van der Waals surface area contributed by atoms with Gasteiger partial charge >= 0.3 is 0 Å². The summed E-state index contributed by atoms with van der Waals surface area (Å²) in [5.74, 6) is 0.166. The molecule has 2 aromatic carbocycles. The Morgan fingerprint density at radius 1 is 1.00 bits per heavy atom. The fourth-order valence-corrected chi connectivity index (χ4v) is 2.71. The fraction of sp³-hybridized carbons (Fsp3) is 0.0952. The van der Waals surface area contributed by atoms with Crippen molar-refractivity contribution in [2.75, 3.05) is 17.7 Å². The van der Waals surface area contributed by atoms with Crippen molar-refractivity contribution in [3.63, 3.8) is 0 Å². The molecule has 2 amide bonds. The molecule has 1 aromatic heterocycles. The van der Waals surface area contributed by atoms with Crippen LogP contribution < -0.4 is 20.7 Å². The van der Waals surface area contributed by atoms with Gasteiger partial charge in [0, 0.05) is 16.9 Å². The zero-order chi connectivity index (χ0) is 20.8. The fourth-order valence-electron chi connectivity index (χ4n) is 2.51. The van der Waals surface area contributed by atoms with Crippen LogP contribution in [0.1, 0.15) is 26.5 Å². The minimum atomic E-state index is -0.361. The van der Waals surface area contributed by atoms with Crippen molar-refractivity contribution >= 4 is 40.5 Å². The van der Waals surface area contributed by atoms with E-state index in [0.717, 1.165) is 5.56 Å². The van der Waals surface area contributed by atoms with Crippen molar-refractivity contribution in [3.8, 4) is 5.75 Å². The lowest BCUT2D eigenvalue weighted by Gasteiger charge is -2.13. The van der Waals surface area contributed by atoms with E-state index in [-0.39, 0.29) is 22.7 Å².